The summed E-state index contributed by atoms with van der Waals surface area (Å²) in [5.74, 6) is -1.55. The first-order valence-corrected chi connectivity index (χ1v) is 8.14. The molecular formula is C17H16FNO3S. The molecular weight excluding hydrogens is 317 g/mol. The molecule has 1 N–H and O–H groups in total. The third-order valence-corrected chi connectivity index (χ3v) is 3.87. The molecule has 2 aromatic carbocycles. The van der Waals surface area contributed by atoms with Crippen LogP contribution in [0.2, 0.25) is 0 Å². The van der Waals surface area contributed by atoms with Crippen LogP contribution in [-0.4, -0.2) is 24.2 Å². The minimum absolute atomic E-state index is 0.308. The monoisotopic (exact) mass is 333 g/mol. The van der Waals surface area contributed by atoms with E-state index in [-0.39, 0.29) is 0 Å². The van der Waals surface area contributed by atoms with E-state index in [1.165, 1.54) is 36.9 Å². The van der Waals surface area contributed by atoms with E-state index in [0.29, 0.717) is 11.3 Å². The van der Waals surface area contributed by atoms with Crippen LogP contribution in [0.5, 0.6) is 0 Å². The molecule has 0 unspecified atom stereocenters. The number of hydrogen-bond acceptors (Lipinski definition) is 4. The third-order valence-electron chi connectivity index (χ3n) is 3.07. The number of ether oxygens (including phenoxy) is 1. The van der Waals surface area contributed by atoms with Gasteiger partial charge in [-0.05, 0) is 43.5 Å². The van der Waals surface area contributed by atoms with E-state index >= 15 is 0 Å². The highest BCUT2D eigenvalue weighted by Gasteiger charge is 2.20. The van der Waals surface area contributed by atoms with E-state index in [1.807, 2.05) is 12.3 Å². The number of hydrogen-bond donors (Lipinski definition) is 1. The van der Waals surface area contributed by atoms with Crippen molar-refractivity contribution in [2.45, 2.75) is 17.9 Å². The van der Waals surface area contributed by atoms with Gasteiger partial charge in [-0.25, -0.2) is 9.18 Å². The Morgan fingerprint density at radius 1 is 1.17 bits per heavy atom. The zero-order valence-corrected chi connectivity index (χ0v) is 13.5. The summed E-state index contributed by atoms with van der Waals surface area (Å²) < 4.78 is 18.3. The van der Waals surface area contributed by atoms with Crippen molar-refractivity contribution in [1.82, 2.24) is 0 Å². The zero-order valence-electron chi connectivity index (χ0n) is 12.7. The van der Waals surface area contributed by atoms with Crippen LogP contribution in [0.15, 0.2) is 53.4 Å². The van der Waals surface area contributed by atoms with Crippen molar-refractivity contribution in [2.24, 2.45) is 0 Å². The van der Waals surface area contributed by atoms with Gasteiger partial charge in [0.1, 0.15) is 5.82 Å². The molecule has 2 aromatic rings. The number of rotatable bonds is 5. The Morgan fingerprint density at radius 3 is 2.61 bits per heavy atom. The molecule has 1 amide bonds. The highest BCUT2D eigenvalue weighted by molar-refractivity contribution is 7.98. The van der Waals surface area contributed by atoms with Gasteiger partial charge >= 0.3 is 5.97 Å². The molecule has 0 aliphatic carbocycles. The third kappa shape index (κ3) is 4.56. The van der Waals surface area contributed by atoms with Crippen molar-refractivity contribution >= 4 is 29.3 Å². The molecule has 120 valence electrons. The maximum absolute atomic E-state index is 13.1. The van der Waals surface area contributed by atoms with E-state index in [2.05, 4.69) is 5.32 Å². The smallest absolute Gasteiger partial charge is 0.340 e. The molecule has 23 heavy (non-hydrogen) atoms. The van der Waals surface area contributed by atoms with E-state index in [4.69, 9.17) is 4.74 Å². The van der Waals surface area contributed by atoms with Crippen molar-refractivity contribution in [2.75, 3.05) is 11.6 Å². The SMILES string of the molecule is CSc1ccccc1C(=O)O[C@H](C)C(=O)Nc1cccc(F)c1. The Bertz CT molecular complexity index is 720. The Kier molecular flexibility index (Phi) is 5.76. The van der Waals surface area contributed by atoms with Crippen LogP contribution in [0, 0.1) is 5.82 Å². The molecule has 2 rings (SSSR count). The number of carbonyl (C=O) groups is 2. The second kappa shape index (κ2) is 7.78. The fraction of sp³-hybridized carbons (Fsp3) is 0.176. The lowest BCUT2D eigenvalue weighted by atomic mass is 10.2. The largest absolute Gasteiger partial charge is 0.449 e. The minimum atomic E-state index is -0.999. The van der Waals surface area contributed by atoms with Gasteiger partial charge in [-0.2, -0.15) is 0 Å². The average molecular weight is 333 g/mol. The van der Waals surface area contributed by atoms with Crippen molar-refractivity contribution in [3.05, 3.63) is 59.9 Å². The molecule has 0 fully saturated rings. The number of nitrogens with one attached hydrogen (secondary N) is 1. The van der Waals surface area contributed by atoms with Crippen LogP contribution < -0.4 is 5.32 Å². The minimum Gasteiger partial charge on any atom is -0.449 e. The number of anilines is 1. The first-order valence-electron chi connectivity index (χ1n) is 6.91. The summed E-state index contributed by atoms with van der Waals surface area (Å²) in [7, 11) is 0. The molecule has 0 aliphatic rings. The molecule has 1 atom stereocenters. The van der Waals surface area contributed by atoms with Crippen molar-refractivity contribution in [1.29, 1.82) is 0 Å². The molecule has 0 radical (unpaired) electrons. The highest BCUT2D eigenvalue weighted by Crippen LogP contribution is 2.21. The second-order valence-corrected chi connectivity index (χ2v) is 5.60. The first kappa shape index (κ1) is 17.0. The van der Waals surface area contributed by atoms with E-state index in [0.717, 1.165) is 4.90 Å². The van der Waals surface area contributed by atoms with Crippen LogP contribution in [-0.2, 0) is 9.53 Å². The quantitative estimate of drug-likeness (QED) is 0.669. The van der Waals surface area contributed by atoms with Gasteiger partial charge in [-0.15, -0.1) is 11.8 Å². The number of carbonyl (C=O) groups excluding carboxylic acids is 2. The molecule has 0 spiro atoms. The van der Waals surface area contributed by atoms with Gasteiger partial charge in [-0.1, -0.05) is 18.2 Å². The Hall–Kier alpha value is -2.34. The van der Waals surface area contributed by atoms with Gasteiger partial charge in [0.05, 0.1) is 5.56 Å². The Labute approximate surface area is 138 Å². The van der Waals surface area contributed by atoms with Crippen molar-refractivity contribution < 1.29 is 18.7 Å². The lowest BCUT2D eigenvalue weighted by Gasteiger charge is -2.14. The van der Waals surface area contributed by atoms with Crippen LogP contribution in [0.3, 0.4) is 0 Å². The van der Waals surface area contributed by atoms with Crippen LogP contribution in [0.4, 0.5) is 10.1 Å². The normalized spacial score (nSPS) is 11.6. The Morgan fingerprint density at radius 2 is 1.91 bits per heavy atom. The lowest BCUT2D eigenvalue weighted by Crippen LogP contribution is -2.30. The summed E-state index contributed by atoms with van der Waals surface area (Å²) in [6.45, 7) is 1.47. The van der Waals surface area contributed by atoms with Gasteiger partial charge < -0.3 is 10.1 Å². The van der Waals surface area contributed by atoms with Gasteiger partial charge in [0.15, 0.2) is 6.10 Å². The predicted octanol–water partition coefficient (Wildman–Crippen LogP) is 3.73. The molecule has 0 bridgehead atoms. The highest BCUT2D eigenvalue weighted by atomic mass is 32.2. The van der Waals surface area contributed by atoms with Gasteiger partial charge in [0.2, 0.25) is 0 Å². The predicted molar refractivity (Wildman–Crippen MR) is 88.1 cm³/mol. The first-order chi connectivity index (χ1) is 11.0. The number of esters is 1. The molecule has 6 heteroatoms. The molecule has 0 aliphatic heterocycles. The molecule has 0 aromatic heterocycles. The average Bonchev–Trinajstić information content (AvgIpc) is 2.54. The summed E-state index contributed by atoms with van der Waals surface area (Å²) in [6.07, 6.45) is 0.854. The van der Waals surface area contributed by atoms with E-state index in [1.54, 1.807) is 24.3 Å². The standard InChI is InChI=1S/C17H16FNO3S/c1-11(16(20)19-13-7-5-6-12(18)10-13)22-17(21)14-8-3-4-9-15(14)23-2/h3-11H,1-2H3,(H,19,20)/t11-/m1/s1. The number of benzene rings is 2. The molecule has 0 saturated heterocycles. The molecule has 4 nitrogen and oxygen atoms in total. The summed E-state index contributed by atoms with van der Waals surface area (Å²) >= 11 is 1.42. The maximum atomic E-state index is 13.1. The topological polar surface area (TPSA) is 55.4 Å². The van der Waals surface area contributed by atoms with Crippen LogP contribution in [0.25, 0.3) is 0 Å². The Balaban J connectivity index is 2.01. The van der Waals surface area contributed by atoms with Gasteiger partial charge in [-0.3, -0.25) is 4.79 Å². The fourth-order valence-corrected chi connectivity index (χ4v) is 2.49. The van der Waals surface area contributed by atoms with Crippen molar-refractivity contribution in [3.8, 4) is 0 Å². The second-order valence-electron chi connectivity index (χ2n) is 4.75. The summed E-state index contributed by atoms with van der Waals surface area (Å²) in [5, 5.41) is 2.51. The van der Waals surface area contributed by atoms with Gasteiger partial charge in [0.25, 0.3) is 5.91 Å². The molecule has 0 saturated carbocycles. The molecule has 0 heterocycles. The number of amides is 1. The number of thioether (sulfide) groups is 1. The van der Waals surface area contributed by atoms with Gasteiger partial charge in [0, 0.05) is 10.6 Å². The van der Waals surface area contributed by atoms with Crippen LogP contribution >= 0.6 is 11.8 Å². The fourth-order valence-electron chi connectivity index (χ4n) is 1.90. The van der Waals surface area contributed by atoms with E-state index in [9.17, 15) is 14.0 Å². The summed E-state index contributed by atoms with van der Waals surface area (Å²) in [6, 6.07) is 12.5. The summed E-state index contributed by atoms with van der Waals surface area (Å²) in [4.78, 5) is 25.0. The van der Waals surface area contributed by atoms with Crippen LogP contribution in [0.1, 0.15) is 17.3 Å². The van der Waals surface area contributed by atoms with Crippen molar-refractivity contribution in [3.63, 3.8) is 0 Å². The summed E-state index contributed by atoms with van der Waals surface area (Å²) in [5.41, 5.74) is 0.716. The zero-order chi connectivity index (χ0) is 16.8. The number of halogens is 1. The van der Waals surface area contributed by atoms with E-state index < -0.39 is 23.8 Å². The lowest BCUT2D eigenvalue weighted by molar-refractivity contribution is -0.123. The maximum Gasteiger partial charge on any atom is 0.340 e.